The van der Waals surface area contributed by atoms with Crippen LogP contribution in [0.15, 0.2) is 65.3 Å². The van der Waals surface area contributed by atoms with E-state index in [0.29, 0.717) is 16.3 Å². The summed E-state index contributed by atoms with van der Waals surface area (Å²) in [5.41, 5.74) is 3.31. The van der Waals surface area contributed by atoms with E-state index in [1.807, 2.05) is 24.3 Å². The van der Waals surface area contributed by atoms with Gasteiger partial charge in [0.05, 0.1) is 11.1 Å². The number of fused-ring (bicyclic) bond motifs is 1. The molecule has 0 fully saturated rings. The number of ketones is 1. The maximum Gasteiger partial charge on any atom is 0.221 e. The van der Waals surface area contributed by atoms with Crippen LogP contribution in [0.2, 0.25) is 5.02 Å². The Morgan fingerprint density at radius 2 is 1.80 bits per heavy atom. The number of hydrogen-bond donors (Lipinski definition) is 1. The predicted octanol–water partition coefficient (Wildman–Crippen LogP) is 5.95. The number of carbonyl (C=O) groups is 2. The van der Waals surface area contributed by atoms with Crippen LogP contribution in [0.25, 0.3) is 21.3 Å². The summed E-state index contributed by atoms with van der Waals surface area (Å²) >= 11 is 8.96. The van der Waals surface area contributed by atoms with E-state index < -0.39 is 0 Å². The number of anilines is 1. The van der Waals surface area contributed by atoms with Crippen LogP contribution in [0.3, 0.4) is 0 Å². The van der Waals surface area contributed by atoms with Crippen LogP contribution in [-0.2, 0) is 4.79 Å². The maximum absolute atomic E-state index is 12.7. The van der Waals surface area contributed by atoms with Gasteiger partial charge in [-0.05, 0) is 42.0 Å². The Balaban J connectivity index is 1.55. The standard InChI is InChI=1S/C22H16ClN3O2S2/c1-13(27)26-17-8-4-15(5-9-17)19(28)11-30-22-20-18(10-29-21(20)24-12-25-22)14-2-6-16(23)7-3-14/h2-10,12H,11H2,1H3,(H,26,27). The zero-order valence-electron chi connectivity index (χ0n) is 15.9. The highest BCUT2D eigenvalue weighted by atomic mass is 35.5. The van der Waals surface area contributed by atoms with Gasteiger partial charge in [-0.2, -0.15) is 0 Å². The van der Waals surface area contributed by atoms with Gasteiger partial charge < -0.3 is 5.32 Å². The number of benzene rings is 2. The van der Waals surface area contributed by atoms with Gasteiger partial charge in [-0.1, -0.05) is 35.5 Å². The molecule has 1 N–H and O–H groups in total. The number of rotatable bonds is 6. The molecular weight excluding hydrogens is 438 g/mol. The molecule has 4 aromatic rings. The van der Waals surface area contributed by atoms with Crippen LogP contribution >= 0.6 is 34.7 Å². The third kappa shape index (κ3) is 4.53. The summed E-state index contributed by atoms with van der Waals surface area (Å²) in [6.45, 7) is 1.45. The van der Waals surface area contributed by atoms with Crippen LogP contribution in [0.4, 0.5) is 5.69 Å². The molecule has 0 unspecified atom stereocenters. The van der Waals surface area contributed by atoms with Crippen LogP contribution in [0, 0.1) is 0 Å². The number of amides is 1. The van der Waals surface area contributed by atoms with Crippen molar-refractivity contribution in [3.63, 3.8) is 0 Å². The van der Waals surface area contributed by atoms with Gasteiger partial charge in [0.25, 0.3) is 0 Å². The molecule has 30 heavy (non-hydrogen) atoms. The van der Waals surface area contributed by atoms with Crippen molar-refractivity contribution in [2.45, 2.75) is 11.9 Å². The first-order chi connectivity index (χ1) is 14.5. The highest BCUT2D eigenvalue weighted by Crippen LogP contribution is 2.38. The summed E-state index contributed by atoms with van der Waals surface area (Å²) < 4.78 is 0. The Kier molecular flexibility index (Phi) is 6.13. The largest absolute Gasteiger partial charge is 0.326 e. The van der Waals surface area contributed by atoms with Gasteiger partial charge in [0.1, 0.15) is 16.2 Å². The molecule has 150 valence electrons. The zero-order chi connectivity index (χ0) is 21.1. The second-order valence-electron chi connectivity index (χ2n) is 6.49. The Morgan fingerprint density at radius 1 is 1.07 bits per heavy atom. The quantitative estimate of drug-likeness (QED) is 0.222. The van der Waals surface area contributed by atoms with Crippen molar-refractivity contribution in [3.8, 4) is 11.1 Å². The average Bonchev–Trinajstić information content (AvgIpc) is 3.17. The molecule has 0 aliphatic carbocycles. The second-order valence-corrected chi connectivity index (χ2v) is 8.74. The molecule has 0 aliphatic heterocycles. The lowest BCUT2D eigenvalue weighted by Gasteiger charge is -2.06. The molecule has 2 aromatic heterocycles. The number of thioether (sulfide) groups is 1. The molecule has 0 spiro atoms. The molecule has 0 radical (unpaired) electrons. The first-order valence-electron chi connectivity index (χ1n) is 9.03. The summed E-state index contributed by atoms with van der Waals surface area (Å²) in [4.78, 5) is 33.5. The van der Waals surface area contributed by atoms with Gasteiger partial charge in [-0.15, -0.1) is 11.3 Å². The van der Waals surface area contributed by atoms with Crippen molar-refractivity contribution >= 4 is 62.3 Å². The van der Waals surface area contributed by atoms with Gasteiger partial charge >= 0.3 is 0 Å². The van der Waals surface area contributed by atoms with E-state index in [2.05, 4.69) is 20.7 Å². The smallest absolute Gasteiger partial charge is 0.221 e. The minimum absolute atomic E-state index is 0.00981. The summed E-state index contributed by atoms with van der Waals surface area (Å²) in [6.07, 6.45) is 1.53. The Morgan fingerprint density at radius 3 is 2.50 bits per heavy atom. The summed E-state index contributed by atoms with van der Waals surface area (Å²) in [7, 11) is 0. The van der Waals surface area contributed by atoms with Crippen LogP contribution < -0.4 is 5.32 Å². The molecule has 0 saturated heterocycles. The zero-order valence-corrected chi connectivity index (χ0v) is 18.3. The average molecular weight is 454 g/mol. The fourth-order valence-electron chi connectivity index (χ4n) is 2.96. The monoisotopic (exact) mass is 453 g/mol. The summed E-state index contributed by atoms with van der Waals surface area (Å²) in [5, 5.41) is 7.14. The lowest BCUT2D eigenvalue weighted by molar-refractivity contribution is -0.114. The molecular formula is C22H16ClN3O2S2. The molecule has 0 atom stereocenters. The minimum atomic E-state index is -0.148. The van der Waals surface area contributed by atoms with Crippen LogP contribution in [-0.4, -0.2) is 27.4 Å². The Labute approximate surface area is 186 Å². The number of nitrogens with one attached hydrogen (secondary N) is 1. The molecule has 0 saturated carbocycles. The van der Waals surface area contributed by atoms with Gasteiger partial charge in [0.2, 0.25) is 5.91 Å². The van der Waals surface area contributed by atoms with Gasteiger partial charge in [0, 0.05) is 34.1 Å². The minimum Gasteiger partial charge on any atom is -0.326 e. The van der Waals surface area contributed by atoms with E-state index in [0.717, 1.165) is 26.4 Å². The summed E-state index contributed by atoms with van der Waals surface area (Å²) in [5.74, 6) is 0.0932. The lowest BCUT2D eigenvalue weighted by atomic mass is 10.1. The lowest BCUT2D eigenvalue weighted by Crippen LogP contribution is -2.07. The highest BCUT2D eigenvalue weighted by molar-refractivity contribution is 8.00. The first kappa shape index (κ1) is 20.5. The Hall–Kier alpha value is -2.74. The fourth-order valence-corrected chi connectivity index (χ4v) is 4.97. The topological polar surface area (TPSA) is 72.0 Å². The fraction of sp³-hybridized carbons (Fsp3) is 0.0909. The van der Waals surface area contributed by atoms with Crippen molar-refractivity contribution in [1.82, 2.24) is 9.97 Å². The van der Waals surface area contributed by atoms with Crippen molar-refractivity contribution < 1.29 is 9.59 Å². The molecule has 4 rings (SSSR count). The van der Waals surface area contributed by atoms with Crippen LogP contribution in [0.1, 0.15) is 17.3 Å². The van der Waals surface area contributed by atoms with E-state index in [1.54, 1.807) is 35.6 Å². The molecule has 8 heteroatoms. The number of thiophene rings is 1. The SMILES string of the molecule is CC(=O)Nc1ccc(C(=O)CSc2ncnc3scc(-c4ccc(Cl)cc4)c23)cc1. The molecule has 0 bridgehead atoms. The van der Waals surface area contributed by atoms with E-state index in [4.69, 9.17) is 11.6 Å². The van der Waals surface area contributed by atoms with Gasteiger partial charge in [-0.3, -0.25) is 9.59 Å². The first-order valence-corrected chi connectivity index (χ1v) is 11.3. The highest BCUT2D eigenvalue weighted by Gasteiger charge is 2.15. The molecule has 2 heterocycles. The second kappa shape index (κ2) is 8.95. The maximum atomic E-state index is 12.7. The van der Waals surface area contributed by atoms with Gasteiger partial charge in [0.15, 0.2) is 5.78 Å². The third-order valence-electron chi connectivity index (χ3n) is 4.36. The number of hydrogen-bond acceptors (Lipinski definition) is 6. The number of Topliss-reactive ketones (excluding diaryl/α,β-unsaturated/α-hetero) is 1. The third-order valence-corrected chi connectivity index (χ3v) is 6.49. The van der Waals surface area contributed by atoms with Gasteiger partial charge in [-0.25, -0.2) is 9.97 Å². The molecule has 0 aliphatic rings. The van der Waals surface area contributed by atoms with E-state index in [9.17, 15) is 9.59 Å². The van der Waals surface area contributed by atoms with Crippen molar-refractivity contribution in [2.24, 2.45) is 0 Å². The van der Waals surface area contributed by atoms with Crippen molar-refractivity contribution in [3.05, 3.63) is 70.8 Å². The predicted molar refractivity (Wildman–Crippen MR) is 124 cm³/mol. The Bertz CT molecular complexity index is 1220. The molecule has 5 nitrogen and oxygen atoms in total. The van der Waals surface area contributed by atoms with E-state index in [1.165, 1.54) is 25.0 Å². The normalized spacial score (nSPS) is 10.9. The molecule has 1 amide bonds. The van der Waals surface area contributed by atoms with Crippen LogP contribution in [0.5, 0.6) is 0 Å². The number of carbonyl (C=O) groups excluding carboxylic acids is 2. The number of nitrogens with zero attached hydrogens (tertiary/aromatic N) is 2. The molecule has 2 aromatic carbocycles. The summed E-state index contributed by atoms with van der Waals surface area (Å²) in [6, 6.07) is 14.5. The van der Waals surface area contributed by atoms with E-state index in [-0.39, 0.29) is 17.4 Å². The van der Waals surface area contributed by atoms with E-state index >= 15 is 0 Å². The van der Waals surface area contributed by atoms with Crippen molar-refractivity contribution in [1.29, 1.82) is 0 Å². The number of aromatic nitrogens is 2. The number of halogens is 1. The van der Waals surface area contributed by atoms with Crippen molar-refractivity contribution in [2.75, 3.05) is 11.1 Å².